The average molecular weight is 661 g/mol. The number of carbonyl (C=O) groups excluding carboxylic acids is 1. The second-order valence-electron chi connectivity index (χ2n) is 18.1. The van der Waals surface area contributed by atoms with Crippen LogP contribution in [0.3, 0.4) is 0 Å². The molecule has 3 spiro atoms. The monoisotopic (exact) mass is 660 g/mol. The molecule has 4 N–H and O–H groups in total. The van der Waals surface area contributed by atoms with Gasteiger partial charge in [-0.15, -0.1) is 0 Å². The molecule has 0 aromatic carbocycles. The number of esters is 1. The first kappa shape index (κ1) is 33.1. The van der Waals surface area contributed by atoms with E-state index in [9.17, 15) is 25.2 Å². The van der Waals surface area contributed by atoms with Crippen molar-refractivity contribution in [3.8, 4) is 0 Å². The Morgan fingerprint density at radius 1 is 0.894 bits per heavy atom. The molecule has 2 bridgehead atoms. The number of hydrogen-bond acceptors (Lipinski definition) is 10. The Bertz CT molecular complexity index is 1350. The molecule has 0 aromatic rings. The number of hydrogen-bond donors (Lipinski definition) is 4. The SMILES string of the molecule is C=C(C)[C@@H]1O[C@@]23O[C@@H]1C[C@@H](C)[C@@H]2[C@@]1(C)[C@H](OC(C)=O)C[C@@]24C[C@@]25CC[C@H](O[C@@H]2OC[C@@H](O)[C@H](O)[C@H]2O)C(C)(C)[C@@H]5CC[C@H]4[C@]1(C)[C@H]3O. The third-order valence-electron chi connectivity index (χ3n) is 16.0. The van der Waals surface area contributed by atoms with Crippen LogP contribution in [0.5, 0.6) is 0 Å². The van der Waals surface area contributed by atoms with Crippen molar-refractivity contribution in [3.63, 3.8) is 0 Å². The van der Waals surface area contributed by atoms with Gasteiger partial charge < -0.3 is 44.1 Å². The molecule has 5 aliphatic carbocycles. The Kier molecular flexibility index (Phi) is 7.05. The fourth-order valence-electron chi connectivity index (χ4n) is 14.1. The number of carbonyl (C=O) groups is 1. The maximum atomic E-state index is 12.9. The van der Waals surface area contributed by atoms with Crippen molar-refractivity contribution < 1.29 is 48.9 Å². The van der Waals surface area contributed by atoms with Crippen molar-refractivity contribution in [2.75, 3.05) is 6.61 Å². The number of rotatable bonds is 4. The molecular weight excluding hydrogens is 604 g/mol. The van der Waals surface area contributed by atoms with Gasteiger partial charge >= 0.3 is 5.97 Å². The van der Waals surface area contributed by atoms with Gasteiger partial charge in [0.15, 0.2) is 12.1 Å². The number of aliphatic hydroxyl groups excluding tert-OH is 4. The maximum Gasteiger partial charge on any atom is 0.302 e. The standard InChI is InChI=1S/C37H56O10/c1-17(2)28-21-13-18(3)29-34(8)25(44-19(4)38)14-36-16-35(36)12-11-24(45-30-27(41)26(40)20(39)15-43-30)32(5,6)22(35)9-10-23(36)33(34,7)31(42)37(29,46-21)47-28/h18,20-31,39-42H,1,9-16H2,2-8H3/t18-,20-,21-,22+,23+,24+,25-,26+,27-,28+,29-,30+,31-,33-,34-,35-,36+,37+/m1/s1. The summed E-state index contributed by atoms with van der Waals surface area (Å²) in [6.45, 7) is 18.9. The van der Waals surface area contributed by atoms with Crippen LogP contribution in [0.2, 0.25) is 0 Å². The molecule has 3 heterocycles. The highest BCUT2D eigenvalue weighted by Gasteiger charge is 2.90. The zero-order chi connectivity index (χ0) is 33.9. The van der Waals surface area contributed by atoms with Gasteiger partial charge in [0.05, 0.1) is 18.8 Å². The second kappa shape index (κ2) is 10.0. The molecule has 5 saturated carbocycles. The Morgan fingerprint density at radius 3 is 2.28 bits per heavy atom. The van der Waals surface area contributed by atoms with Crippen molar-refractivity contribution in [2.45, 2.75) is 154 Å². The van der Waals surface area contributed by atoms with Gasteiger partial charge in [0.1, 0.15) is 36.6 Å². The summed E-state index contributed by atoms with van der Waals surface area (Å²) in [4.78, 5) is 12.9. The fourth-order valence-corrected chi connectivity index (χ4v) is 14.1. The third kappa shape index (κ3) is 3.78. The van der Waals surface area contributed by atoms with Gasteiger partial charge in [0.25, 0.3) is 0 Å². The van der Waals surface area contributed by atoms with E-state index in [0.717, 1.165) is 50.5 Å². The van der Waals surface area contributed by atoms with E-state index in [4.69, 9.17) is 23.7 Å². The average Bonchev–Trinajstić information content (AvgIpc) is 3.49. The van der Waals surface area contributed by atoms with Crippen LogP contribution in [0.1, 0.15) is 93.4 Å². The summed E-state index contributed by atoms with van der Waals surface area (Å²) >= 11 is 0. The molecule has 8 aliphatic rings. The third-order valence-corrected chi connectivity index (χ3v) is 16.0. The Balaban J connectivity index is 1.16. The van der Waals surface area contributed by atoms with Gasteiger partial charge in [-0.05, 0) is 91.4 Å². The summed E-state index contributed by atoms with van der Waals surface area (Å²) in [5.74, 6) is -0.937. The molecule has 8 fully saturated rings. The van der Waals surface area contributed by atoms with Crippen LogP contribution < -0.4 is 0 Å². The summed E-state index contributed by atoms with van der Waals surface area (Å²) in [7, 11) is 0. The molecule has 264 valence electrons. The molecular formula is C37H56O10. The zero-order valence-corrected chi connectivity index (χ0v) is 29.1. The van der Waals surface area contributed by atoms with Gasteiger partial charge in [-0.3, -0.25) is 4.79 Å². The lowest BCUT2D eigenvalue weighted by Crippen LogP contribution is -2.65. The van der Waals surface area contributed by atoms with Crippen molar-refractivity contribution in [2.24, 2.45) is 50.7 Å². The van der Waals surface area contributed by atoms with Gasteiger partial charge in [-0.1, -0.05) is 41.2 Å². The summed E-state index contributed by atoms with van der Waals surface area (Å²) < 4.78 is 32.3. The fraction of sp³-hybridized carbons (Fsp3) is 0.919. The van der Waals surface area contributed by atoms with E-state index in [0.29, 0.717) is 5.92 Å². The molecule has 47 heavy (non-hydrogen) atoms. The highest BCUT2D eigenvalue weighted by molar-refractivity contribution is 5.66. The molecule has 18 atom stereocenters. The van der Waals surface area contributed by atoms with Crippen molar-refractivity contribution in [1.29, 1.82) is 0 Å². The molecule has 8 rings (SSSR count). The summed E-state index contributed by atoms with van der Waals surface area (Å²) in [6, 6.07) is 0. The molecule has 0 unspecified atom stereocenters. The lowest BCUT2D eigenvalue weighted by atomic mass is 9.40. The van der Waals surface area contributed by atoms with Crippen LogP contribution in [-0.4, -0.2) is 93.9 Å². The Morgan fingerprint density at radius 2 is 1.60 bits per heavy atom. The minimum Gasteiger partial charge on any atom is -0.462 e. The predicted molar refractivity (Wildman–Crippen MR) is 168 cm³/mol. The summed E-state index contributed by atoms with van der Waals surface area (Å²) in [5, 5.41) is 43.8. The van der Waals surface area contributed by atoms with E-state index in [-0.39, 0.29) is 64.9 Å². The lowest BCUT2D eigenvalue weighted by Gasteiger charge is -2.65. The quantitative estimate of drug-likeness (QED) is 0.201. The highest BCUT2D eigenvalue weighted by atomic mass is 16.8. The first-order valence-corrected chi connectivity index (χ1v) is 18.1. The number of aliphatic hydroxyl groups is 4. The van der Waals surface area contributed by atoms with Gasteiger partial charge in [0.2, 0.25) is 0 Å². The number of fused-ring (bicyclic) bond motifs is 4. The van der Waals surface area contributed by atoms with Crippen LogP contribution in [0.15, 0.2) is 12.2 Å². The molecule has 0 amide bonds. The van der Waals surface area contributed by atoms with Gasteiger partial charge in [-0.2, -0.15) is 0 Å². The molecule has 10 heteroatoms. The zero-order valence-electron chi connectivity index (χ0n) is 29.1. The van der Waals surface area contributed by atoms with Crippen molar-refractivity contribution in [3.05, 3.63) is 12.2 Å². The number of ether oxygens (including phenoxy) is 5. The first-order valence-electron chi connectivity index (χ1n) is 18.1. The van der Waals surface area contributed by atoms with Crippen LogP contribution in [0.25, 0.3) is 0 Å². The van der Waals surface area contributed by atoms with Crippen LogP contribution in [-0.2, 0) is 28.5 Å². The van der Waals surface area contributed by atoms with E-state index in [2.05, 4.69) is 41.2 Å². The lowest BCUT2D eigenvalue weighted by molar-refractivity contribution is -0.304. The largest absolute Gasteiger partial charge is 0.462 e. The van der Waals surface area contributed by atoms with Crippen LogP contribution in [0, 0.1) is 50.7 Å². The minimum atomic E-state index is -1.33. The minimum absolute atomic E-state index is 0.000687. The van der Waals surface area contributed by atoms with Gasteiger partial charge in [-0.25, -0.2) is 0 Å². The Labute approximate surface area is 278 Å². The molecule has 3 saturated heterocycles. The van der Waals surface area contributed by atoms with Crippen molar-refractivity contribution in [1.82, 2.24) is 0 Å². The molecule has 0 aromatic heterocycles. The second-order valence-corrected chi connectivity index (χ2v) is 18.1. The summed E-state index contributed by atoms with van der Waals surface area (Å²) in [5.41, 5.74) is -0.690. The van der Waals surface area contributed by atoms with E-state index >= 15 is 0 Å². The molecule has 3 aliphatic heterocycles. The predicted octanol–water partition coefficient (Wildman–Crippen LogP) is 3.47. The van der Waals surface area contributed by atoms with Crippen LogP contribution in [0.4, 0.5) is 0 Å². The first-order chi connectivity index (χ1) is 21.9. The molecule has 10 nitrogen and oxygen atoms in total. The smallest absolute Gasteiger partial charge is 0.302 e. The van der Waals surface area contributed by atoms with E-state index in [1.54, 1.807) is 0 Å². The van der Waals surface area contributed by atoms with Crippen LogP contribution >= 0.6 is 0 Å². The highest BCUT2D eigenvalue weighted by Crippen LogP contribution is 2.90. The van der Waals surface area contributed by atoms with E-state index in [1.165, 1.54) is 6.92 Å². The van der Waals surface area contributed by atoms with E-state index in [1.807, 2.05) is 6.92 Å². The Hall–Kier alpha value is -1.11. The van der Waals surface area contributed by atoms with Gasteiger partial charge in [0, 0.05) is 23.7 Å². The van der Waals surface area contributed by atoms with E-state index < -0.39 is 53.4 Å². The topological polar surface area (TPSA) is 144 Å². The molecule has 0 radical (unpaired) electrons. The summed E-state index contributed by atoms with van der Waals surface area (Å²) in [6.07, 6.45) is -0.572. The maximum absolute atomic E-state index is 12.9. The normalized spacial score (nSPS) is 59.9. The van der Waals surface area contributed by atoms with Crippen molar-refractivity contribution >= 4 is 5.97 Å².